The zero-order chi connectivity index (χ0) is 6.69. The van der Waals surface area contributed by atoms with Gasteiger partial charge in [-0.15, -0.1) is 0 Å². The van der Waals surface area contributed by atoms with Crippen molar-refractivity contribution in [2.24, 2.45) is 0 Å². The van der Waals surface area contributed by atoms with E-state index in [4.69, 9.17) is 0 Å². The topological polar surface area (TPSA) is 48.2 Å². The third-order valence-electron chi connectivity index (χ3n) is 1.30. The molecule has 0 saturated carbocycles. The summed E-state index contributed by atoms with van der Waals surface area (Å²) in [6, 6.07) is 0. The van der Waals surface area contributed by atoms with Gasteiger partial charge < -0.3 is 0 Å². The van der Waals surface area contributed by atoms with Gasteiger partial charge >= 0.3 is 0 Å². The van der Waals surface area contributed by atoms with Crippen LogP contribution in [0.4, 0.5) is 0 Å². The van der Waals surface area contributed by atoms with Crippen molar-refractivity contribution in [3.8, 4) is 0 Å². The molecule has 1 aliphatic rings. The van der Waals surface area contributed by atoms with E-state index in [1.807, 2.05) is 0 Å². The van der Waals surface area contributed by atoms with Crippen LogP contribution in [-0.4, -0.2) is 26.4 Å². The molecular weight excluding hydrogens is 138 g/mol. The minimum atomic E-state index is -1.98. The van der Waals surface area contributed by atoms with E-state index in [9.17, 15) is 8.42 Å². The highest BCUT2D eigenvalue weighted by molar-refractivity contribution is 7.73. The second-order valence-corrected chi connectivity index (χ2v) is 3.03. The monoisotopic (exact) mass is 146 g/mol. The van der Waals surface area contributed by atoms with E-state index >= 15 is 0 Å². The van der Waals surface area contributed by atoms with E-state index < -0.39 is 10.3 Å². The number of piperidine rings is 1. The average molecular weight is 146 g/mol. The summed E-state index contributed by atoms with van der Waals surface area (Å²) in [5.41, 5.74) is 0. The van der Waals surface area contributed by atoms with E-state index in [-0.39, 0.29) is 0 Å². The Kier molecular flexibility index (Phi) is 2.24. The van der Waals surface area contributed by atoms with Crippen molar-refractivity contribution < 1.29 is 8.42 Å². The van der Waals surface area contributed by atoms with Gasteiger partial charge in [0.1, 0.15) is 0 Å². The van der Waals surface area contributed by atoms with Crippen LogP contribution in [0.1, 0.15) is 12.8 Å². The predicted molar refractivity (Wildman–Crippen MR) is 35.0 cm³/mol. The first kappa shape index (κ1) is 6.77. The van der Waals surface area contributed by atoms with Crippen LogP contribution in [-0.2, 0) is 10.3 Å². The summed E-state index contributed by atoms with van der Waals surface area (Å²) in [6.07, 6.45) is 1.60. The highest BCUT2D eigenvalue weighted by Crippen LogP contribution is 1.96. The second kappa shape index (κ2) is 2.98. The smallest absolute Gasteiger partial charge is 0.214 e. The standard InChI is InChI=1S/C5H8NO2S/c7-9(8)5-2-1-3-6-4-5/h1-4H2. The van der Waals surface area contributed by atoms with E-state index in [2.05, 4.69) is 5.32 Å². The molecule has 9 heavy (non-hydrogen) atoms. The molecule has 0 amide bonds. The normalized spacial score (nSPS) is 19.8. The summed E-state index contributed by atoms with van der Waals surface area (Å²) in [5, 5.41) is 3.95. The van der Waals surface area contributed by atoms with Gasteiger partial charge in [0.15, 0.2) is 0 Å². The lowest BCUT2D eigenvalue weighted by Gasteiger charge is -2.08. The Balaban J connectivity index is 2.72. The van der Waals surface area contributed by atoms with Gasteiger partial charge in [-0.1, -0.05) is 0 Å². The van der Waals surface area contributed by atoms with Gasteiger partial charge in [-0.3, -0.25) is 0 Å². The molecule has 4 heteroatoms. The van der Waals surface area contributed by atoms with Crippen molar-refractivity contribution in [3.63, 3.8) is 0 Å². The number of nitrogens with zero attached hydrogens (tertiary/aromatic N) is 1. The molecule has 0 aromatic heterocycles. The van der Waals surface area contributed by atoms with Crippen molar-refractivity contribution in [2.75, 3.05) is 13.1 Å². The summed E-state index contributed by atoms with van der Waals surface area (Å²) >= 11 is 0. The van der Waals surface area contributed by atoms with Crippen LogP contribution in [0.25, 0.3) is 0 Å². The van der Waals surface area contributed by atoms with Crippen LogP contribution in [0.15, 0.2) is 0 Å². The fourth-order valence-corrected chi connectivity index (χ4v) is 1.31. The summed E-state index contributed by atoms with van der Waals surface area (Å²) in [4.78, 5) is 0.557. The fourth-order valence-electron chi connectivity index (χ4n) is 0.807. The number of rotatable bonds is 0. The molecule has 0 aromatic carbocycles. The Morgan fingerprint density at radius 1 is 1.44 bits per heavy atom. The number of hydrogen-bond donors (Lipinski definition) is 0. The zero-order valence-electron chi connectivity index (χ0n) is 5.00. The van der Waals surface area contributed by atoms with E-state index in [0.717, 1.165) is 13.0 Å². The first-order chi connectivity index (χ1) is 4.30. The molecule has 1 fully saturated rings. The van der Waals surface area contributed by atoms with Crippen LogP contribution in [0.3, 0.4) is 0 Å². The Hall–Kier alpha value is -0.350. The molecule has 0 N–H and O–H groups in total. The van der Waals surface area contributed by atoms with Crippen LogP contribution in [0, 0.1) is 0 Å². The molecule has 0 unspecified atom stereocenters. The largest absolute Gasteiger partial charge is 0.236 e. The molecule has 1 radical (unpaired) electrons. The molecule has 0 bridgehead atoms. The third-order valence-corrected chi connectivity index (χ3v) is 2.10. The molecule has 1 rings (SSSR count). The Morgan fingerprint density at radius 2 is 2.22 bits per heavy atom. The van der Waals surface area contributed by atoms with Gasteiger partial charge in [0.25, 0.3) is 0 Å². The minimum Gasteiger partial charge on any atom is -0.236 e. The van der Waals surface area contributed by atoms with Gasteiger partial charge in [-0.05, 0) is 12.8 Å². The lowest BCUT2D eigenvalue weighted by Crippen LogP contribution is -2.24. The van der Waals surface area contributed by atoms with Gasteiger partial charge in [-0.25, -0.2) is 5.32 Å². The van der Waals surface area contributed by atoms with Crippen LogP contribution in [0.2, 0.25) is 0 Å². The van der Waals surface area contributed by atoms with Crippen molar-refractivity contribution >= 4 is 15.2 Å². The van der Waals surface area contributed by atoms with E-state index in [0.29, 0.717) is 17.8 Å². The van der Waals surface area contributed by atoms with E-state index in [1.165, 1.54) is 0 Å². The maximum atomic E-state index is 10.3. The molecule has 0 aliphatic carbocycles. The molecule has 3 nitrogen and oxygen atoms in total. The maximum Gasteiger partial charge on any atom is 0.214 e. The van der Waals surface area contributed by atoms with Gasteiger partial charge in [0, 0.05) is 13.1 Å². The highest BCUT2D eigenvalue weighted by atomic mass is 32.2. The Morgan fingerprint density at radius 3 is 2.56 bits per heavy atom. The van der Waals surface area contributed by atoms with Gasteiger partial charge in [-0.2, -0.15) is 8.42 Å². The van der Waals surface area contributed by atoms with Crippen LogP contribution >= 0.6 is 0 Å². The lowest BCUT2D eigenvalue weighted by molar-refractivity contribution is 0.621. The zero-order valence-corrected chi connectivity index (χ0v) is 5.82. The summed E-state index contributed by atoms with van der Waals surface area (Å²) in [5.74, 6) is 0. The van der Waals surface area contributed by atoms with Gasteiger partial charge in [0.2, 0.25) is 10.3 Å². The molecule has 51 valence electrons. The predicted octanol–water partition coefficient (Wildman–Crippen LogP) is -0.564. The van der Waals surface area contributed by atoms with Crippen LogP contribution < -0.4 is 5.32 Å². The summed E-state index contributed by atoms with van der Waals surface area (Å²) in [6.45, 7) is 1.25. The molecule has 1 aliphatic heterocycles. The highest BCUT2D eigenvalue weighted by Gasteiger charge is 2.07. The molecule has 1 heterocycles. The fraction of sp³-hybridized carbons (Fsp3) is 0.800. The van der Waals surface area contributed by atoms with Crippen LogP contribution in [0.5, 0.6) is 0 Å². The Labute approximate surface area is 55.6 Å². The molecule has 0 spiro atoms. The van der Waals surface area contributed by atoms with Crippen molar-refractivity contribution in [3.05, 3.63) is 0 Å². The quantitative estimate of drug-likeness (QED) is 0.430. The lowest BCUT2D eigenvalue weighted by atomic mass is 10.2. The molecule has 0 aromatic rings. The van der Waals surface area contributed by atoms with Crippen molar-refractivity contribution in [2.45, 2.75) is 12.8 Å². The minimum absolute atomic E-state index is 0.427. The first-order valence-corrected chi connectivity index (χ1v) is 3.95. The van der Waals surface area contributed by atoms with Crippen molar-refractivity contribution in [1.82, 2.24) is 5.32 Å². The average Bonchev–Trinajstić information content (AvgIpc) is 1.90. The van der Waals surface area contributed by atoms with E-state index in [1.54, 1.807) is 0 Å². The van der Waals surface area contributed by atoms with Crippen molar-refractivity contribution in [1.29, 1.82) is 0 Å². The van der Waals surface area contributed by atoms with Gasteiger partial charge in [0.05, 0.1) is 4.86 Å². The molecule has 1 saturated heterocycles. The number of hydrogen-bond acceptors (Lipinski definition) is 2. The third kappa shape index (κ3) is 1.80. The molecule has 0 atom stereocenters. The maximum absolute atomic E-state index is 10.3. The SMILES string of the molecule is O=S(=O)=C1CCC[N]C1. The summed E-state index contributed by atoms with van der Waals surface area (Å²) < 4.78 is 20.5. The first-order valence-electron chi connectivity index (χ1n) is 2.88. The second-order valence-electron chi connectivity index (χ2n) is 1.98. The molecular formula is C5H8NO2S. The Bertz CT molecular complexity index is 201. The summed E-state index contributed by atoms with van der Waals surface area (Å²) in [7, 11) is -1.98.